The van der Waals surface area contributed by atoms with Crippen LogP contribution in [0.5, 0.6) is 0 Å². The van der Waals surface area contributed by atoms with Crippen LogP contribution in [0.15, 0.2) is 0 Å². The Morgan fingerprint density at radius 1 is 1.44 bits per heavy atom. The van der Waals surface area contributed by atoms with Crippen LogP contribution < -0.4 is 5.32 Å². The topological polar surface area (TPSA) is 60.0 Å². The molecule has 1 rings (SSSR count). The van der Waals surface area contributed by atoms with E-state index >= 15 is 0 Å². The van der Waals surface area contributed by atoms with Crippen molar-refractivity contribution in [1.82, 2.24) is 5.32 Å². The third kappa shape index (κ3) is 6.40. The standard InChI is InChI=1S/C11H23NO4/c1-9(2)16-7-10(13)6-14-8-11-5-12-3-4-15-11/h9-13H,3-8H2,1-2H3. The Balaban J connectivity index is 1.96. The molecule has 2 N–H and O–H groups in total. The molecule has 0 aromatic heterocycles. The predicted octanol–water partition coefficient (Wildman–Crippen LogP) is -0.223. The van der Waals surface area contributed by atoms with Crippen LogP contribution in [-0.2, 0) is 14.2 Å². The van der Waals surface area contributed by atoms with E-state index in [1.54, 1.807) is 0 Å². The maximum Gasteiger partial charge on any atom is 0.101 e. The summed E-state index contributed by atoms with van der Waals surface area (Å²) in [5.41, 5.74) is 0. The van der Waals surface area contributed by atoms with Crippen molar-refractivity contribution in [2.45, 2.75) is 32.2 Å². The highest BCUT2D eigenvalue weighted by Gasteiger charge is 2.14. The quantitative estimate of drug-likeness (QED) is 0.636. The van der Waals surface area contributed by atoms with E-state index in [0.717, 1.165) is 19.7 Å². The highest BCUT2D eigenvalue weighted by atomic mass is 16.5. The van der Waals surface area contributed by atoms with E-state index in [1.165, 1.54) is 0 Å². The fraction of sp³-hybridized carbons (Fsp3) is 1.00. The summed E-state index contributed by atoms with van der Waals surface area (Å²) in [6, 6.07) is 0. The first-order chi connectivity index (χ1) is 7.68. The highest BCUT2D eigenvalue weighted by Crippen LogP contribution is 1.98. The van der Waals surface area contributed by atoms with Gasteiger partial charge >= 0.3 is 0 Å². The minimum Gasteiger partial charge on any atom is -0.388 e. The molecule has 1 fully saturated rings. The summed E-state index contributed by atoms with van der Waals surface area (Å²) in [5, 5.41) is 12.7. The fourth-order valence-corrected chi connectivity index (χ4v) is 1.41. The summed E-state index contributed by atoms with van der Waals surface area (Å²) in [6.45, 7) is 7.47. The molecule has 5 heteroatoms. The van der Waals surface area contributed by atoms with Crippen LogP contribution in [0, 0.1) is 0 Å². The average molecular weight is 233 g/mol. The van der Waals surface area contributed by atoms with Gasteiger partial charge in [-0.05, 0) is 13.8 Å². The van der Waals surface area contributed by atoms with Gasteiger partial charge in [0.1, 0.15) is 6.10 Å². The second kappa shape index (κ2) is 7.97. The van der Waals surface area contributed by atoms with Gasteiger partial charge in [0.25, 0.3) is 0 Å². The second-order valence-corrected chi connectivity index (χ2v) is 4.27. The van der Waals surface area contributed by atoms with Crippen LogP contribution in [0.1, 0.15) is 13.8 Å². The smallest absolute Gasteiger partial charge is 0.101 e. The Kier molecular flexibility index (Phi) is 6.91. The van der Waals surface area contributed by atoms with Crippen molar-refractivity contribution in [1.29, 1.82) is 0 Å². The van der Waals surface area contributed by atoms with Gasteiger partial charge in [-0.3, -0.25) is 0 Å². The lowest BCUT2D eigenvalue weighted by molar-refractivity contribution is -0.0695. The van der Waals surface area contributed by atoms with Gasteiger partial charge in [0, 0.05) is 13.1 Å². The van der Waals surface area contributed by atoms with Crippen LogP contribution in [0.25, 0.3) is 0 Å². The van der Waals surface area contributed by atoms with E-state index in [2.05, 4.69) is 5.32 Å². The molecule has 0 aromatic carbocycles. The molecule has 0 spiro atoms. The molecule has 1 heterocycles. The van der Waals surface area contributed by atoms with Crippen molar-refractivity contribution in [2.75, 3.05) is 39.5 Å². The third-order valence-corrected chi connectivity index (χ3v) is 2.24. The first-order valence-corrected chi connectivity index (χ1v) is 5.88. The minimum absolute atomic E-state index is 0.104. The molecule has 1 aliphatic rings. The zero-order valence-electron chi connectivity index (χ0n) is 10.1. The molecule has 2 atom stereocenters. The molecular weight excluding hydrogens is 210 g/mol. The lowest BCUT2D eigenvalue weighted by Gasteiger charge is -2.24. The number of aliphatic hydroxyl groups excluding tert-OH is 1. The van der Waals surface area contributed by atoms with Crippen LogP contribution in [0.2, 0.25) is 0 Å². The van der Waals surface area contributed by atoms with E-state index in [0.29, 0.717) is 19.8 Å². The molecule has 2 unspecified atom stereocenters. The largest absolute Gasteiger partial charge is 0.388 e. The van der Waals surface area contributed by atoms with Crippen LogP contribution >= 0.6 is 0 Å². The maximum absolute atomic E-state index is 9.52. The van der Waals surface area contributed by atoms with Gasteiger partial charge in [0.15, 0.2) is 0 Å². The van der Waals surface area contributed by atoms with Crippen LogP contribution in [0.3, 0.4) is 0 Å². The van der Waals surface area contributed by atoms with E-state index in [1.807, 2.05) is 13.8 Å². The normalized spacial score (nSPS) is 23.6. The van der Waals surface area contributed by atoms with Gasteiger partial charge in [-0.15, -0.1) is 0 Å². The van der Waals surface area contributed by atoms with Gasteiger partial charge in [-0.25, -0.2) is 0 Å². The van der Waals surface area contributed by atoms with Gasteiger partial charge in [0.2, 0.25) is 0 Å². The minimum atomic E-state index is -0.557. The first-order valence-electron chi connectivity index (χ1n) is 5.88. The van der Waals surface area contributed by atoms with Crippen LogP contribution in [-0.4, -0.2) is 62.9 Å². The molecule has 0 bridgehead atoms. The van der Waals surface area contributed by atoms with E-state index in [4.69, 9.17) is 14.2 Å². The highest BCUT2D eigenvalue weighted by molar-refractivity contribution is 4.66. The van der Waals surface area contributed by atoms with Gasteiger partial charge < -0.3 is 24.6 Å². The van der Waals surface area contributed by atoms with Crippen molar-refractivity contribution >= 4 is 0 Å². The average Bonchev–Trinajstić information content (AvgIpc) is 2.28. The summed E-state index contributed by atoms with van der Waals surface area (Å²) in [6.07, 6.45) is -0.313. The number of morpholine rings is 1. The number of ether oxygens (including phenoxy) is 3. The summed E-state index contributed by atoms with van der Waals surface area (Å²) in [7, 11) is 0. The summed E-state index contributed by atoms with van der Waals surface area (Å²) < 4.78 is 16.1. The van der Waals surface area contributed by atoms with Crippen molar-refractivity contribution in [3.63, 3.8) is 0 Å². The molecule has 1 saturated heterocycles. The monoisotopic (exact) mass is 233 g/mol. The SMILES string of the molecule is CC(C)OCC(O)COCC1CNCCO1. The Morgan fingerprint density at radius 3 is 2.88 bits per heavy atom. The molecule has 0 radical (unpaired) electrons. The Hall–Kier alpha value is -0.200. The van der Waals surface area contributed by atoms with E-state index in [9.17, 15) is 5.11 Å². The summed E-state index contributed by atoms with van der Waals surface area (Å²) in [5.74, 6) is 0. The summed E-state index contributed by atoms with van der Waals surface area (Å²) >= 11 is 0. The van der Waals surface area contributed by atoms with Crippen molar-refractivity contribution in [2.24, 2.45) is 0 Å². The van der Waals surface area contributed by atoms with Crippen LogP contribution in [0.4, 0.5) is 0 Å². The predicted molar refractivity (Wildman–Crippen MR) is 60.5 cm³/mol. The number of rotatable bonds is 7. The third-order valence-electron chi connectivity index (χ3n) is 2.24. The van der Waals surface area contributed by atoms with Crippen molar-refractivity contribution < 1.29 is 19.3 Å². The molecular formula is C11H23NO4. The molecule has 1 aliphatic heterocycles. The lowest BCUT2D eigenvalue weighted by Crippen LogP contribution is -2.41. The molecule has 0 amide bonds. The second-order valence-electron chi connectivity index (χ2n) is 4.27. The van der Waals surface area contributed by atoms with Gasteiger partial charge in [-0.1, -0.05) is 0 Å². The molecule has 16 heavy (non-hydrogen) atoms. The maximum atomic E-state index is 9.52. The molecule has 0 saturated carbocycles. The first kappa shape index (κ1) is 13.9. The Labute approximate surface area is 97.1 Å². The molecule has 0 aliphatic carbocycles. The zero-order chi connectivity index (χ0) is 11.8. The number of hydrogen-bond acceptors (Lipinski definition) is 5. The Morgan fingerprint density at radius 2 is 2.25 bits per heavy atom. The van der Waals surface area contributed by atoms with E-state index in [-0.39, 0.29) is 12.2 Å². The van der Waals surface area contributed by atoms with Crippen molar-refractivity contribution in [3.05, 3.63) is 0 Å². The van der Waals surface area contributed by atoms with E-state index < -0.39 is 6.10 Å². The molecule has 5 nitrogen and oxygen atoms in total. The molecule has 0 aromatic rings. The number of hydrogen-bond donors (Lipinski definition) is 2. The number of aliphatic hydroxyl groups is 1. The van der Waals surface area contributed by atoms with Crippen molar-refractivity contribution in [3.8, 4) is 0 Å². The van der Waals surface area contributed by atoms with Gasteiger partial charge in [-0.2, -0.15) is 0 Å². The zero-order valence-corrected chi connectivity index (χ0v) is 10.1. The fourth-order valence-electron chi connectivity index (χ4n) is 1.41. The number of nitrogens with one attached hydrogen (secondary N) is 1. The molecule has 96 valence electrons. The lowest BCUT2D eigenvalue weighted by atomic mass is 10.3. The Bertz CT molecular complexity index is 171. The van der Waals surface area contributed by atoms with Gasteiger partial charge in [0.05, 0.1) is 38.6 Å². The summed E-state index contributed by atoms with van der Waals surface area (Å²) in [4.78, 5) is 0.